The fourth-order valence-corrected chi connectivity index (χ4v) is 4.12. The van der Waals surface area contributed by atoms with Crippen LogP contribution in [-0.2, 0) is 9.84 Å². The van der Waals surface area contributed by atoms with Crippen molar-refractivity contribution in [2.75, 3.05) is 5.75 Å². The van der Waals surface area contributed by atoms with Gasteiger partial charge in [-0.05, 0) is 40.0 Å². The Balaban J connectivity index is 3.30. The lowest BCUT2D eigenvalue weighted by atomic mass is 10.2. The Morgan fingerprint density at radius 2 is 2.00 bits per heavy atom. The number of aromatic carboxylic acids is 1. The second-order valence-electron chi connectivity index (χ2n) is 4.13. The summed E-state index contributed by atoms with van der Waals surface area (Å²) in [5, 5.41) is 8.84. The van der Waals surface area contributed by atoms with Crippen LogP contribution in [0.1, 0.15) is 24.2 Å². The second kappa shape index (κ2) is 5.18. The van der Waals surface area contributed by atoms with Crippen molar-refractivity contribution in [1.82, 2.24) is 0 Å². The number of sulfone groups is 1. The van der Waals surface area contributed by atoms with Gasteiger partial charge in [-0.1, -0.05) is 13.8 Å². The monoisotopic (exact) mass is 320 g/mol. The molecule has 0 saturated carbocycles. The van der Waals surface area contributed by atoms with E-state index in [-0.39, 0.29) is 22.1 Å². The first kappa shape index (κ1) is 14.2. The number of carboxylic acids is 1. The van der Waals surface area contributed by atoms with E-state index in [2.05, 4.69) is 15.9 Å². The van der Waals surface area contributed by atoms with Gasteiger partial charge in [0.05, 0.1) is 16.2 Å². The zero-order valence-electron chi connectivity index (χ0n) is 9.47. The van der Waals surface area contributed by atoms with Gasteiger partial charge in [-0.15, -0.1) is 0 Å². The van der Waals surface area contributed by atoms with E-state index in [9.17, 15) is 13.2 Å². The maximum absolute atomic E-state index is 12.0. The fourth-order valence-electron chi connectivity index (χ4n) is 1.40. The average Bonchev–Trinajstić information content (AvgIpc) is 2.15. The summed E-state index contributed by atoms with van der Waals surface area (Å²) in [4.78, 5) is 10.8. The highest BCUT2D eigenvalue weighted by Gasteiger charge is 2.21. The van der Waals surface area contributed by atoms with Crippen molar-refractivity contribution in [3.8, 4) is 0 Å². The molecule has 0 saturated heterocycles. The van der Waals surface area contributed by atoms with E-state index < -0.39 is 15.8 Å². The number of rotatable bonds is 4. The first-order chi connectivity index (χ1) is 7.74. The van der Waals surface area contributed by atoms with Gasteiger partial charge in [-0.3, -0.25) is 0 Å². The van der Waals surface area contributed by atoms with Crippen molar-refractivity contribution in [2.24, 2.45) is 5.92 Å². The highest BCUT2D eigenvalue weighted by atomic mass is 79.9. The third-order valence-electron chi connectivity index (χ3n) is 2.07. The first-order valence-corrected chi connectivity index (χ1v) is 7.44. The molecule has 0 spiro atoms. The summed E-state index contributed by atoms with van der Waals surface area (Å²) in [7, 11) is -3.46. The number of hydrogen-bond donors (Lipinski definition) is 1. The van der Waals surface area contributed by atoms with Gasteiger partial charge >= 0.3 is 5.97 Å². The van der Waals surface area contributed by atoms with Crippen LogP contribution in [0.2, 0.25) is 0 Å². The largest absolute Gasteiger partial charge is 0.478 e. The van der Waals surface area contributed by atoms with Crippen LogP contribution in [0.4, 0.5) is 0 Å². The minimum Gasteiger partial charge on any atom is -0.478 e. The van der Waals surface area contributed by atoms with E-state index >= 15 is 0 Å². The van der Waals surface area contributed by atoms with Crippen molar-refractivity contribution < 1.29 is 18.3 Å². The molecular formula is C11H13BrO4S. The summed E-state index contributed by atoms with van der Waals surface area (Å²) < 4.78 is 24.4. The number of carboxylic acid groups (broad SMARTS) is 1. The molecule has 0 amide bonds. The molecule has 4 nitrogen and oxygen atoms in total. The number of hydrogen-bond acceptors (Lipinski definition) is 3. The lowest BCUT2D eigenvalue weighted by molar-refractivity contribution is 0.0696. The molecule has 0 bridgehead atoms. The summed E-state index contributed by atoms with van der Waals surface area (Å²) in [6.45, 7) is 3.60. The van der Waals surface area contributed by atoms with Crippen LogP contribution in [0, 0.1) is 5.92 Å². The van der Waals surface area contributed by atoms with E-state index in [1.807, 2.05) is 0 Å². The van der Waals surface area contributed by atoms with Crippen molar-refractivity contribution in [3.63, 3.8) is 0 Å². The van der Waals surface area contributed by atoms with Crippen molar-refractivity contribution in [1.29, 1.82) is 0 Å². The Kier molecular flexibility index (Phi) is 4.32. The highest BCUT2D eigenvalue weighted by Crippen LogP contribution is 2.25. The average molecular weight is 321 g/mol. The van der Waals surface area contributed by atoms with Crippen LogP contribution in [0.5, 0.6) is 0 Å². The molecule has 1 aromatic carbocycles. The predicted octanol–water partition coefficient (Wildman–Crippen LogP) is 2.58. The third kappa shape index (κ3) is 3.54. The van der Waals surface area contributed by atoms with Gasteiger partial charge in [0.25, 0.3) is 0 Å². The Bertz CT molecular complexity index is 534. The minimum atomic E-state index is -3.46. The molecule has 1 aromatic rings. The number of benzene rings is 1. The molecule has 94 valence electrons. The molecule has 0 heterocycles. The van der Waals surface area contributed by atoms with Gasteiger partial charge in [-0.25, -0.2) is 13.2 Å². The van der Waals surface area contributed by atoms with Crippen molar-refractivity contribution in [2.45, 2.75) is 18.7 Å². The second-order valence-corrected chi connectivity index (χ2v) is 6.98. The Morgan fingerprint density at radius 3 is 2.47 bits per heavy atom. The van der Waals surface area contributed by atoms with Gasteiger partial charge in [0.15, 0.2) is 9.84 Å². The lowest BCUT2D eigenvalue weighted by Crippen LogP contribution is -2.13. The SMILES string of the molecule is CC(C)CS(=O)(=O)c1cc(C(=O)O)ccc1Br. The summed E-state index contributed by atoms with van der Waals surface area (Å²) in [6.07, 6.45) is 0. The van der Waals surface area contributed by atoms with E-state index in [1.54, 1.807) is 13.8 Å². The van der Waals surface area contributed by atoms with E-state index in [1.165, 1.54) is 18.2 Å². The molecule has 0 radical (unpaired) electrons. The minimum absolute atomic E-state index is 0.00529. The molecule has 0 fully saturated rings. The standard InChI is InChI=1S/C11H13BrO4S/c1-7(2)6-17(15,16)10-5-8(11(13)14)3-4-9(10)12/h3-5,7H,6H2,1-2H3,(H,13,14). The quantitative estimate of drug-likeness (QED) is 0.925. The topological polar surface area (TPSA) is 71.4 Å². The highest BCUT2D eigenvalue weighted by molar-refractivity contribution is 9.10. The Hall–Kier alpha value is -0.880. The number of carbonyl (C=O) groups is 1. The zero-order valence-corrected chi connectivity index (χ0v) is 11.9. The predicted molar refractivity (Wildman–Crippen MR) is 68.0 cm³/mol. The zero-order chi connectivity index (χ0) is 13.2. The Morgan fingerprint density at radius 1 is 1.41 bits per heavy atom. The third-order valence-corrected chi connectivity index (χ3v) is 5.13. The molecular weight excluding hydrogens is 308 g/mol. The van der Waals surface area contributed by atoms with Crippen LogP contribution in [0.15, 0.2) is 27.6 Å². The summed E-state index contributed by atoms with van der Waals surface area (Å²) in [5.74, 6) is -1.16. The van der Waals surface area contributed by atoms with Gasteiger partial charge in [0.2, 0.25) is 0 Å². The smallest absolute Gasteiger partial charge is 0.335 e. The fraction of sp³-hybridized carbons (Fsp3) is 0.364. The van der Waals surface area contributed by atoms with Crippen LogP contribution in [0.25, 0.3) is 0 Å². The van der Waals surface area contributed by atoms with Crippen LogP contribution < -0.4 is 0 Å². The van der Waals surface area contributed by atoms with Crippen LogP contribution in [-0.4, -0.2) is 25.2 Å². The van der Waals surface area contributed by atoms with Gasteiger partial charge in [0, 0.05) is 4.47 Å². The maximum Gasteiger partial charge on any atom is 0.335 e. The lowest BCUT2D eigenvalue weighted by Gasteiger charge is -2.09. The molecule has 0 aliphatic heterocycles. The van der Waals surface area contributed by atoms with E-state index in [4.69, 9.17) is 5.11 Å². The van der Waals surface area contributed by atoms with Crippen molar-refractivity contribution >= 4 is 31.7 Å². The summed E-state index contributed by atoms with van der Waals surface area (Å²) in [6, 6.07) is 3.99. The van der Waals surface area contributed by atoms with Gasteiger partial charge < -0.3 is 5.11 Å². The molecule has 1 N–H and O–H groups in total. The van der Waals surface area contributed by atoms with E-state index in [0.29, 0.717) is 4.47 Å². The van der Waals surface area contributed by atoms with Crippen LogP contribution >= 0.6 is 15.9 Å². The van der Waals surface area contributed by atoms with Gasteiger partial charge in [-0.2, -0.15) is 0 Å². The van der Waals surface area contributed by atoms with Gasteiger partial charge in [0.1, 0.15) is 0 Å². The summed E-state index contributed by atoms with van der Waals surface area (Å²) >= 11 is 3.13. The molecule has 0 aliphatic carbocycles. The van der Waals surface area contributed by atoms with E-state index in [0.717, 1.165) is 0 Å². The first-order valence-electron chi connectivity index (χ1n) is 4.99. The number of halogens is 1. The molecule has 6 heteroatoms. The molecule has 0 aliphatic rings. The molecule has 1 rings (SSSR count). The molecule has 0 unspecified atom stereocenters. The maximum atomic E-state index is 12.0. The van der Waals surface area contributed by atoms with Crippen LogP contribution in [0.3, 0.4) is 0 Å². The molecule has 0 aromatic heterocycles. The normalized spacial score (nSPS) is 11.8. The summed E-state index contributed by atoms with van der Waals surface area (Å²) in [5.41, 5.74) is -0.0319. The van der Waals surface area contributed by atoms with Crippen molar-refractivity contribution in [3.05, 3.63) is 28.2 Å². The molecule has 17 heavy (non-hydrogen) atoms. The Labute approximate surface area is 109 Å². The molecule has 0 atom stereocenters.